The maximum atomic E-state index is 13.2. The number of nitrogens with zero attached hydrogens (tertiary/aromatic N) is 3. The number of hydrogen-bond acceptors (Lipinski definition) is 11. The van der Waals surface area contributed by atoms with Crippen molar-refractivity contribution in [1.82, 2.24) is 14.8 Å². The molecule has 0 saturated carbocycles. The van der Waals surface area contributed by atoms with E-state index in [4.69, 9.17) is 23.7 Å². The van der Waals surface area contributed by atoms with Gasteiger partial charge in [0.1, 0.15) is 19.0 Å². The zero-order valence-electron chi connectivity index (χ0n) is 22.3. The lowest BCUT2D eigenvalue weighted by molar-refractivity contribution is -0.0684. The van der Waals surface area contributed by atoms with Crippen LogP contribution in [0.1, 0.15) is 47.9 Å². The van der Waals surface area contributed by atoms with E-state index in [1.807, 2.05) is 0 Å². The van der Waals surface area contributed by atoms with Crippen molar-refractivity contribution >= 4 is 23.9 Å². The lowest BCUT2D eigenvalue weighted by Crippen LogP contribution is -2.41. The van der Waals surface area contributed by atoms with Crippen LogP contribution < -0.4 is 0 Å². The first kappa shape index (κ1) is 28.2. The van der Waals surface area contributed by atoms with E-state index in [9.17, 15) is 19.2 Å². The van der Waals surface area contributed by atoms with Crippen molar-refractivity contribution in [3.63, 3.8) is 0 Å². The lowest BCUT2D eigenvalue weighted by Gasteiger charge is -2.24. The van der Waals surface area contributed by atoms with Crippen molar-refractivity contribution in [2.75, 3.05) is 13.7 Å². The Hall–Kier alpha value is -5.36. The summed E-state index contributed by atoms with van der Waals surface area (Å²) in [4.78, 5) is 55.5. The number of hydrogen-bond donors (Lipinski definition) is 0. The molecule has 12 heteroatoms. The standard InChI is InChI=1S/C30H25N3O9/c1-38-30(37)25-31-18-32-33(25)26-24(42-29(36)21-15-9-4-10-16-21)23(41-28(35)20-13-7-3-8-14-20)22(40-26)17-39-27(34)19-11-5-2-6-12-19/h2-16,18,22-24,26H,17H2,1H3/t22-,23-,24-,26-/m1/s1. The van der Waals surface area contributed by atoms with Crippen molar-refractivity contribution in [3.05, 3.63) is 120 Å². The Morgan fingerprint density at radius 3 is 1.74 bits per heavy atom. The Bertz CT molecular complexity index is 1540. The summed E-state index contributed by atoms with van der Waals surface area (Å²) in [5, 5.41) is 4.09. The third kappa shape index (κ3) is 6.18. The van der Waals surface area contributed by atoms with Gasteiger partial charge in [0.15, 0.2) is 18.4 Å². The Kier molecular flexibility index (Phi) is 8.64. The lowest BCUT2D eigenvalue weighted by atomic mass is 10.1. The largest absolute Gasteiger partial charge is 0.463 e. The molecule has 0 bridgehead atoms. The van der Waals surface area contributed by atoms with Gasteiger partial charge in [-0.3, -0.25) is 0 Å². The number of ether oxygens (including phenoxy) is 5. The fourth-order valence-corrected chi connectivity index (χ4v) is 4.33. The first-order valence-corrected chi connectivity index (χ1v) is 12.8. The Balaban J connectivity index is 1.50. The zero-order chi connectivity index (χ0) is 29.5. The molecule has 1 aromatic heterocycles. The van der Waals surface area contributed by atoms with E-state index in [-0.39, 0.29) is 17.0 Å². The molecule has 1 aliphatic heterocycles. The van der Waals surface area contributed by atoms with Gasteiger partial charge in [0.2, 0.25) is 5.82 Å². The third-order valence-corrected chi connectivity index (χ3v) is 6.36. The van der Waals surface area contributed by atoms with Crippen LogP contribution in [0.25, 0.3) is 0 Å². The Morgan fingerprint density at radius 2 is 1.21 bits per heavy atom. The highest BCUT2D eigenvalue weighted by Crippen LogP contribution is 2.35. The van der Waals surface area contributed by atoms with Gasteiger partial charge in [-0.25, -0.2) is 28.8 Å². The molecule has 0 radical (unpaired) electrons. The second kappa shape index (κ2) is 12.9. The molecule has 4 aromatic rings. The number of carbonyl (C=O) groups excluding carboxylic acids is 4. The van der Waals surface area contributed by atoms with Crippen molar-refractivity contribution in [1.29, 1.82) is 0 Å². The molecule has 42 heavy (non-hydrogen) atoms. The van der Waals surface area contributed by atoms with Gasteiger partial charge in [-0.2, -0.15) is 5.10 Å². The molecule has 5 rings (SSSR count). The van der Waals surface area contributed by atoms with Crippen LogP contribution in [-0.4, -0.2) is 70.7 Å². The minimum Gasteiger partial charge on any atom is -0.463 e. The highest BCUT2D eigenvalue weighted by atomic mass is 16.7. The molecule has 0 unspecified atom stereocenters. The second-order valence-electron chi connectivity index (χ2n) is 9.02. The maximum absolute atomic E-state index is 13.2. The molecule has 214 valence electrons. The minimum absolute atomic E-state index is 0.218. The summed E-state index contributed by atoms with van der Waals surface area (Å²) >= 11 is 0. The maximum Gasteiger partial charge on any atom is 0.375 e. The molecular formula is C30H25N3O9. The van der Waals surface area contributed by atoms with Crippen LogP contribution >= 0.6 is 0 Å². The molecule has 2 heterocycles. The highest BCUT2D eigenvalue weighted by molar-refractivity contribution is 5.91. The van der Waals surface area contributed by atoms with E-state index < -0.39 is 55.0 Å². The number of benzene rings is 3. The third-order valence-electron chi connectivity index (χ3n) is 6.36. The van der Waals surface area contributed by atoms with Crippen LogP contribution in [-0.2, 0) is 23.7 Å². The summed E-state index contributed by atoms with van der Waals surface area (Å²) in [6.07, 6.45) is -4.01. The van der Waals surface area contributed by atoms with Crippen LogP contribution in [0.15, 0.2) is 97.3 Å². The summed E-state index contributed by atoms with van der Waals surface area (Å²) in [6, 6.07) is 24.6. The Morgan fingerprint density at radius 1 is 0.714 bits per heavy atom. The summed E-state index contributed by atoms with van der Waals surface area (Å²) in [5.74, 6) is -3.22. The summed E-state index contributed by atoms with van der Waals surface area (Å²) in [7, 11) is 1.17. The monoisotopic (exact) mass is 571 g/mol. The smallest absolute Gasteiger partial charge is 0.375 e. The number of aromatic nitrogens is 3. The molecule has 0 N–H and O–H groups in total. The number of rotatable bonds is 9. The SMILES string of the molecule is COC(=O)c1ncnn1[C@@H]1O[C@H](COC(=O)c2ccccc2)[C@@H](OC(=O)c2ccccc2)[C@H]1OC(=O)c1ccccc1. The predicted octanol–water partition coefficient (Wildman–Crippen LogP) is 3.27. The van der Waals surface area contributed by atoms with Crippen LogP contribution in [0.4, 0.5) is 0 Å². The fourth-order valence-electron chi connectivity index (χ4n) is 4.33. The minimum atomic E-state index is -1.35. The zero-order valence-corrected chi connectivity index (χ0v) is 22.3. The predicted molar refractivity (Wildman–Crippen MR) is 143 cm³/mol. The number of methoxy groups -OCH3 is 1. The number of esters is 4. The van der Waals surface area contributed by atoms with Crippen molar-refractivity contribution in [3.8, 4) is 0 Å². The quantitative estimate of drug-likeness (QED) is 0.216. The van der Waals surface area contributed by atoms with E-state index in [1.165, 1.54) is 7.11 Å². The van der Waals surface area contributed by atoms with E-state index in [2.05, 4.69) is 10.1 Å². The van der Waals surface area contributed by atoms with Crippen LogP contribution in [0.2, 0.25) is 0 Å². The van der Waals surface area contributed by atoms with Gasteiger partial charge < -0.3 is 23.7 Å². The fraction of sp³-hybridized carbons (Fsp3) is 0.200. The van der Waals surface area contributed by atoms with Crippen LogP contribution in [0.3, 0.4) is 0 Å². The van der Waals surface area contributed by atoms with Gasteiger partial charge in [-0.05, 0) is 36.4 Å². The molecular weight excluding hydrogens is 546 g/mol. The number of carbonyl (C=O) groups is 4. The highest BCUT2D eigenvalue weighted by Gasteiger charge is 2.52. The van der Waals surface area contributed by atoms with Crippen molar-refractivity contribution < 1.29 is 42.9 Å². The van der Waals surface area contributed by atoms with Gasteiger partial charge in [-0.1, -0.05) is 54.6 Å². The first-order valence-electron chi connectivity index (χ1n) is 12.8. The van der Waals surface area contributed by atoms with Gasteiger partial charge in [0.05, 0.1) is 23.8 Å². The van der Waals surface area contributed by atoms with Gasteiger partial charge in [0.25, 0.3) is 0 Å². The van der Waals surface area contributed by atoms with E-state index in [1.54, 1.807) is 91.0 Å². The van der Waals surface area contributed by atoms with Gasteiger partial charge in [0, 0.05) is 0 Å². The van der Waals surface area contributed by atoms with Crippen LogP contribution in [0.5, 0.6) is 0 Å². The summed E-state index contributed by atoms with van der Waals surface area (Å²) in [5.41, 5.74) is 0.737. The molecule has 1 aliphatic rings. The molecule has 12 nitrogen and oxygen atoms in total. The van der Waals surface area contributed by atoms with E-state index >= 15 is 0 Å². The molecule has 1 fully saturated rings. The van der Waals surface area contributed by atoms with Gasteiger partial charge >= 0.3 is 23.9 Å². The summed E-state index contributed by atoms with van der Waals surface area (Å²) in [6.45, 7) is -0.390. The molecule has 0 spiro atoms. The second-order valence-corrected chi connectivity index (χ2v) is 9.02. The average molecular weight is 572 g/mol. The van der Waals surface area contributed by atoms with Gasteiger partial charge in [-0.15, -0.1) is 0 Å². The van der Waals surface area contributed by atoms with Crippen molar-refractivity contribution in [2.45, 2.75) is 24.5 Å². The van der Waals surface area contributed by atoms with Crippen LogP contribution in [0, 0.1) is 0 Å². The average Bonchev–Trinajstić information content (AvgIpc) is 3.65. The molecule has 0 amide bonds. The molecule has 4 atom stereocenters. The first-order chi connectivity index (χ1) is 20.5. The molecule has 1 saturated heterocycles. The normalized spacial score (nSPS) is 19.5. The van der Waals surface area contributed by atoms with E-state index in [0.29, 0.717) is 5.56 Å². The van der Waals surface area contributed by atoms with E-state index in [0.717, 1.165) is 11.0 Å². The van der Waals surface area contributed by atoms with Crippen molar-refractivity contribution in [2.24, 2.45) is 0 Å². The topological polar surface area (TPSA) is 145 Å². The molecule has 3 aromatic carbocycles. The Labute approximate surface area is 239 Å². The molecule has 0 aliphatic carbocycles. The summed E-state index contributed by atoms with van der Waals surface area (Å²) < 4.78 is 29.2.